The zero-order valence-corrected chi connectivity index (χ0v) is 13.9. The van der Waals surface area contributed by atoms with Gasteiger partial charge in [0.2, 0.25) is 0 Å². The van der Waals surface area contributed by atoms with Crippen LogP contribution in [0.5, 0.6) is 0 Å². The van der Waals surface area contributed by atoms with Crippen molar-refractivity contribution in [1.82, 2.24) is 15.0 Å². The Balaban J connectivity index is 2.02. The summed E-state index contributed by atoms with van der Waals surface area (Å²) in [6.45, 7) is 2.16. The second kappa shape index (κ2) is 7.73. The summed E-state index contributed by atoms with van der Waals surface area (Å²) in [7, 11) is 0. The van der Waals surface area contributed by atoms with Crippen molar-refractivity contribution in [3.63, 3.8) is 0 Å². The summed E-state index contributed by atoms with van der Waals surface area (Å²) in [6.07, 6.45) is 6.29. The van der Waals surface area contributed by atoms with Crippen molar-refractivity contribution in [2.24, 2.45) is 0 Å². The van der Waals surface area contributed by atoms with Crippen molar-refractivity contribution in [3.8, 4) is 5.69 Å². The Morgan fingerprint density at radius 1 is 1.15 bits per heavy atom. The number of hydrogen-bond donors (Lipinski definition) is 1. The van der Waals surface area contributed by atoms with E-state index in [-0.39, 0.29) is 6.61 Å². The summed E-state index contributed by atoms with van der Waals surface area (Å²) in [5.74, 6) is 0. The van der Waals surface area contributed by atoms with E-state index in [4.69, 9.17) is 5.11 Å². The van der Waals surface area contributed by atoms with Crippen LogP contribution >= 0.6 is 22.6 Å². The first-order valence-corrected chi connectivity index (χ1v) is 8.14. The number of aryl methyl sites for hydroxylation is 1. The van der Waals surface area contributed by atoms with Crippen LogP contribution in [-0.2, 0) is 13.0 Å². The monoisotopic (exact) mass is 385 g/mol. The van der Waals surface area contributed by atoms with Gasteiger partial charge >= 0.3 is 0 Å². The summed E-state index contributed by atoms with van der Waals surface area (Å²) < 4.78 is 2.62. The Bertz CT molecular complexity index is 537. The van der Waals surface area contributed by atoms with Gasteiger partial charge < -0.3 is 5.11 Å². The summed E-state index contributed by atoms with van der Waals surface area (Å²) in [5.41, 5.74) is 2.97. The molecule has 2 aromatic rings. The average molecular weight is 385 g/mol. The van der Waals surface area contributed by atoms with Crippen LogP contribution in [0.15, 0.2) is 24.3 Å². The molecular weight excluding hydrogens is 365 g/mol. The molecule has 4 nitrogen and oxygen atoms in total. The summed E-state index contributed by atoms with van der Waals surface area (Å²) in [6, 6.07) is 8.43. The van der Waals surface area contributed by atoms with Gasteiger partial charge in [-0.3, -0.25) is 0 Å². The van der Waals surface area contributed by atoms with Crippen molar-refractivity contribution in [3.05, 3.63) is 39.2 Å². The molecule has 1 heterocycles. The quantitative estimate of drug-likeness (QED) is 0.587. The molecule has 5 heteroatoms. The second-order valence-electron chi connectivity index (χ2n) is 4.87. The number of hydrogen-bond acceptors (Lipinski definition) is 3. The molecule has 0 aliphatic heterocycles. The van der Waals surface area contributed by atoms with E-state index in [0.29, 0.717) is 5.69 Å². The van der Waals surface area contributed by atoms with E-state index >= 15 is 0 Å². The van der Waals surface area contributed by atoms with Crippen LogP contribution in [0, 0.1) is 3.70 Å². The lowest BCUT2D eigenvalue weighted by Crippen LogP contribution is -2.00. The van der Waals surface area contributed by atoms with E-state index in [2.05, 4.69) is 64.1 Å². The van der Waals surface area contributed by atoms with E-state index in [9.17, 15) is 0 Å². The van der Waals surface area contributed by atoms with Crippen LogP contribution < -0.4 is 0 Å². The molecule has 1 N–H and O–H groups in total. The van der Waals surface area contributed by atoms with Gasteiger partial charge in [0.05, 0.1) is 12.3 Å². The summed E-state index contributed by atoms with van der Waals surface area (Å²) in [4.78, 5) is 0. The molecular formula is C15H20IN3O. The van der Waals surface area contributed by atoms with E-state index in [0.717, 1.165) is 15.8 Å². The largest absolute Gasteiger partial charge is 0.390 e. The molecule has 0 spiro atoms. The number of rotatable bonds is 7. The lowest BCUT2D eigenvalue weighted by molar-refractivity contribution is 0.276. The van der Waals surface area contributed by atoms with Gasteiger partial charge in [-0.1, -0.05) is 43.5 Å². The highest BCUT2D eigenvalue weighted by Gasteiger charge is 2.10. The van der Waals surface area contributed by atoms with Crippen molar-refractivity contribution >= 4 is 22.6 Å². The van der Waals surface area contributed by atoms with Gasteiger partial charge in [0.1, 0.15) is 9.39 Å². The van der Waals surface area contributed by atoms with Crippen molar-refractivity contribution < 1.29 is 5.11 Å². The van der Waals surface area contributed by atoms with Crippen molar-refractivity contribution in [2.75, 3.05) is 0 Å². The first kappa shape index (κ1) is 15.4. The fraction of sp³-hybridized carbons (Fsp3) is 0.467. The van der Waals surface area contributed by atoms with Crippen molar-refractivity contribution in [2.45, 2.75) is 45.6 Å². The van der Waals surface area contributed by atoms with Gasteiger partial charge in [0.15, 0.2) is 0 Å². The Labute approximate surface area is 133 Å². The molecule has 0 unspecified atom stereocenters. The van der Waals surface area contributed by atoms with Crippen LogP contribution in [0.25, 0.3) is 5.69 Å². The third kappa shape index (κ3) is 3.79. The fourth-order valence-corrected chi connectivity index (χ4v) is 2.78. The Morgan fingerprint density at radius 2 is 1.90 bits per heavy atom. The third-order valence-corrected chi connectivity index (χ3v) is 4.41. The van der Waals surface area contributed by atoms with Gasteiger partial charge in [-0.25, -0.2) is 4.68 Å². The van der Waals surface area contributed by atoms with Crippen molar-refractivity contribution in [1.29, 1.82) is 0 Å². The van der Waals surface area contributed by atoms with Gasteiger partial charge in [0, 0.05) is 0 Å². The Hall–Kier alpha value is -0.950. The molecule has 2 rings (SSSR count). The molecule has 0 bridgehead atoms. The van der Waals surface area contributed by atoms with Crippen LogP contribution in [0.4, 0.5) is 0 Å². The maximum absolute atomic E-state index is 9.14. The average Bonchev–Trinajstić information content (AvgIpc) is 2.85. The van der Waals surface area contributed by atoms with Gasteiger partial charge in [-0.2, -0.15) is 0 Å². The molecule has 0 amide bonds. The number of nitrogens with zero attached hydrogens (tertiary/aromatic N) is 3. The maximum atomic E-state index is 9.14. The zero-order valence-electron chi connectivity index (χ0n) is 11.7. The van der Waals surface area contributed by atoms with E-state index < -0.39 is 0 Å². The number of halogens is 1. The summed E-state index contributed by atoms with van der Waals surface area (Å²) in [5, 5.41) is 17.2. The predicted molar refractivity (Wildman–Crippen MR) is 87.8 cm³/mol. The molecule has 0 radical (unpaired) electrons. The van der Waals surface area contributed by atoms with Gasteiger partial charge in [-0.15, -0.1) is 5.10 Å². The third-order valence-electron chi connectivity index (χ3n) is 3.33. The number of aliphatic hydroxyl groups is 1. The van der Waals surface area contributed by atoms with Gasteiger partial charge in [-0.05, 0) is 53.1 Å². The molecule has 0 fully saturated rings. The smallest absolute Gasteiger partial charge is 0.131 e. The SMILES string of the molecule is CCCCCCc1ccc(-n2nnc(CO)c2I)cc1. The molecule has 0 aliphatic rings. The normalized spacial score (nSPS) is 10.9. The predicted octanol–water partition coefficient (Wildman–Crippen LogP) is 3.49. The van der Waals surface area contributed by atoms with E-state index in [1.807, 2.05) is 0 Å². The number of benzene rings is 1. The molecule has 20 heavy (non-hydrogen) atoms. The minimum atomic E-state index is -0.0756. The Morgan fingerprint density at radius 3 is 2.50 bits per heavy atom. The highest BCUT2D eigenvalue weighted by molar-refractivity contribution is 14.1. The van der Waals surface area contributed by atoms with E-state index in [1.165, 1.54) is 31.2 Å². The molecule has 1 aromatic carbocycles. The standard InChI is InChI=1S/C15H20IN3O/c1-2-3-4-5-6-12-7-9-13(10-8-12)19-15(16)14(11-20)17-18-19/h7-10,20H,2-6,11H2,1H3. The van der Waals surface area contributed by atoms with E-state index in [1.54, 1.807) is 4.68 Å². The lowest BCUT2D eigenvalue weighted by atomic mass is 10.1. The zero-order chi connectivity index (χ0) is 14.4. The molecule has 108 valence electrons. The molecule has 0 aliphatic carbocycles. The van der Waals surface area contributed by atoms with Crippen LogP contribution in [0.3, 0.4) is 0 Å². The number of aromatic nitrogens is 3. The van der Waals surface area contributed by atoms with Crippen LogP contribution in [0.1, 0.15) is 43.9 Å². The second-order valence-corrected chi connectivity index (χ2v) is 5.90. The Kier molecular flexibility index (Phi) is 5.97. The number of unbranched alkanes of at least 4 members (excludes halogenated alkanes) is 3. The van der Waals surface area contributed by atoms with Gasteiger partial charge in [0.25, 0.3) is 0 Å². The van der Waals surface area contributed by atoms with Crippen LogP contribution in [-0.4, -0.2) is 20.1 Å². The molecule has 0 saturated carbocycles. The molecule has 0 atom stereocenters. The first-order valence-electron chi connectivity index (χ1n) is 7.06. The fourth-order valence-electron chi connectivity index (χ4n) is 2.12. The highest BCUT2D eigenvalue weighted by Crippen LogP contribution is 2.17. The minimum absolute atomic E-state index is 0.0756. The topological polar surface area (TPSA) is 50.9 Å². The molecule has 0 saturated heterocycles. The minimum Gasteiger partial charge on any atom is -0.390 e. The maximum Gasteiger partial charge on any atom is 0.131 e. The highest BCUT2D eigenvalue weighted by atomic mass is 127. The van der Waals surface area contributed by atoms with Crippen LogP contribution in [0.2, 0.25) is 0 Å². The summed E-state index contributed by atoms with van der Waals surface area (Å²) >= 11 is 2.16. The number of aliphatic hydroxyl groups excluding tert-OH is 1. The molecule has 1 aromatic heterocycles. The lowest BCUT2D eigenvalue weighted by Gasteiger charge is -2.05. The first-order chi connectivity index (χ1) is 9.76.